The van der Waals surface area contributed by atoms with Crippen molar-refractivity contribution in [3.8, 4) is 0 Å². The predicted octanol–water partition coefficient (Wildman–Crippen LogP) is 2.51. The van der Waals surface area contributed by atoms with Crippen LogP contribution in [0.5, 0.6) is 0 Å². The summed E-state index contributed by atoms with van der Waals surface area (Å²) in [4.78, 5) is 4.23. The fourth-order valence-electron chi connectivity index (χ4n) is 1.91. The minimum atomic E-state index is 0.476. The molecule has 0 bridgehead atoms. The fourth-order valence-corrected chi connectivity index (χ4v) is 2.52. The lowest BCUT2D eigenvalue weighted by atomic mass is 9.93. The summed E-state index contributed by atoms with van der Waals surface area (Å²) in [6, 6.07) is 0.590. The highest BCUT2D eigenvalue weighted by Gasteiger charge is 2.20. The first-order valence-electron chi connectivity index (χ1n) is 5.07. The number of hydrogen-bond donors (Lipinski definition) is 1. The third kappa shape index (κ3) is 2.45. The first kappa shape index (κ1) is 9.93. The maximum Gasteiger partial charge on any atom is 0.182 e. The Hall–Kier alpha value is -0.610. The molecule has 0 radical (unpaired) electrons. The Morgan fingerprint density at radius 3 is 2.79 bits per heavy atom. The van der Waals surface area contributed by atoms with Crippen LogP contribution in [0.25, 0.3) is 0 Å². The standard InChI is InChI=1S/C10H16N2OS/c1-13-9-4-2-8(3-5-9)12-10-11-6-7-14-10/h6-9H,2-5H2,1H3,(H,11,12). The molecule has 3 nitrogen and oxygen atoms in total. The van der Waals surface area contributed by atoms with Gasteiger partial charge < -0.3 is 10.1 Å². The maximum absolute atomic E-state index is 5.33. The zero-order valence-electron chi connectivity index (χ0n) is 8.40. The summed E-state index contributed by atoms with van der Waals surface area (Å²) in [7, 11) is 1.80. The SMILES string of the molecule is COC1CCC(Nc2nccs2)CC1. The second-order valence-electron chi connectivity index (χ2n) is 3.69. The maximum atomic E-state index is 5.33. The Morgan fingerprint density at radius 1 is 1.43 bits per heavy atom. The van der Waals surface area contributed by atoms with E-state index in [0.29, 0.717) is 12.1 Å². The highest BCUT2D eigenvalue weighted by Crippen LogP contribution is 2.24. The summed E-state index contributed by atoms with van der Waals surface area (Å²) in [5.74, 6) is 0. The highest BCUT2D eigenvalue weighted by molar-refractivity contribution is 7.13. The number of thiazole rings is 1. The molecule has 1 N–H and O–H groups in total. The lowest BCUT2D eigenvalue weighted by Crippen LogP contribution is -2.29. The first-order chi connectivity index (χ1) is 6.88. The number of nitrogens with zero attached hydrogens (tertiary/aromatic N) is 1. The fraction of sp³-hybridized carbons (Fsp3) is 0.700. The molecule has 0 saturated heterocycles. The predicted molar refractivity (Wildman–Crippen MR) is 58.8 cm³/mol. The van der Waals surface area contributed by atoms with Gasteiger partial charge >= 0.3 is 0 Å². The molecule has 0 amide bonds. The molecule has 1 aromatic heterocycles. The van der Waals surface area contributed by atoms with Crippen LogP contribution < -0.4 is 5.32 Å². The van der Waals surface area contributed by atoms with E-state index in [-0.39, 0.29) is 0 Å². The van der Waals surface area contributed by atoms with E-state index in [4.69, 9.17) is 4.74 Å². The Bertz CT molecular complexity index is 255. The summed E-state index contributed by atoms with van der Waals surface area (Å²) in [5, 5.41) is 6.51. The molecule has 1 fully saturated rings. The molecule has 0 aliphatic heterocycles. The van der Waals surface area contributed by atoms with Gasteiger partial charge in [0.05, 0.1) is 6.10 Å². The first-order valence-corrected chi connectivity index (χ1v) is 5.95. The molecule has 2 rings (SSSR count). The van der Waals surface area contributed by atoms with Gasteiger partial charge in [-0.15, -0.1) is 11.3 Å². The van der Waals surface area contributed by atoms with E-state index in [1.165, 1.54) is 25.7 Å². The summed E-state index contributed by atoms with van der Waals surface area (Å²) in [6.07, 6.45) is 7.03. The minimum absolute atomic E-state index is 0.476. The highest BCUT2D eigenvalue weighted by atomic mass is 32.1. The van der Waals surface area contributed by atoms with Crippen LogP contribution in [0.4, 0.5) is 5.13 Å². The molecule has 0 unspecified atom stereocenters. The third-order valence-corrected chi connectivity index (χ3v) is 3.47. The van der Waals surface area contributed by atoms with Gasteiger partial charge in [0.1, 0.15) is 0 Å². The van der Waals surface area contributed by atoms with Gasteiger partial charge in [-0.25, -0.2) is 4.98 Å². The summed E-state index contributed by atoms with van der Waals surface area (Å²) < 4.78 is 5.33. The largest absolute Gasteiger partial charge is 0.381 e. The van der Waals surface area contributed by atoms with E-state index in [9.17, 15) is 0 Å². The zero-order valence-corrected chi connectivity index (χ0v) is 9.22. The van der Waals surface area contributed by atoms with Crippen LogP contribution in [-0.2, 0) is 4.74 Å². The van der Waals surface area contributed by atoms with Crippen molar-refractivity contribution in [3.63, 3.8) is 0 Å². The molecular weight excluding hydrogens is 196 g/mol. The van der Waals surface area contributed by atoms with Crippen LogP contribution in [0, 0.1) is 0 Å². The van der Waals surface area contributed by atoms with Crippen molar-refractivity contribution in [3.05, 3.63) is 11.6 Å². The van der Waals surface area contributed by atoms with Gasteiger partial charge in [0.25, 0.3) is 0 Å². The lowest BCUT2D eigenvalue weighted by molar-refractivity contribution is 0.0682. The number of hydrogen-bond acceptors (Lipinski definition) is 4. The quantitative estimate of drug-likeness (QED) is 0.836. The zero-order chi connectivity index (χ0) is 9.80. The molecule has 1 aromatic rings. The van der Waals surface area contributed by atoms with E-state index in [2.05, 4.69) is 10.3 Å². The van der Waals surface area contributed by atoms with E-state index < -0.39 is 0 Å². The van der Waals surface area contributed by atoms with Gasteiger partial charge in [-0.1, -0.05) is 0 Å². The smallest absolute Gasteiger partial charge is 0.182 e. The van der Waals surface area contributed by atoms with Gasteiger partial charge in [0, 0.05) is 24.7 Å². The Kier molecular flexibility index (Phi) is 3.37. The lowest BCUT2D eigenvalue weighted by Gasteiger charge is -2.27. The second kappa shape index (κ2) is 4.75. The Labute approximate surface area is 88.5 Å². The molecule has 1 saturated carbocycles. The van der Waals surface area contributed by atoms with Gasteiger partial charge in [-0.05, 0) is 25.7 Å². The summed E-state index contributed by atoms with van der Waals surface area (Å²) in [6.45, 7) is 0. The normalized spacial score (nSPS) is 27.5. The number of nitrogens with one attached hydrogen (secondary N) is 1. The van der Waals surface area contributed by atoms with Crippen molar-refractivity contribution in [2.75, 3.05) is 12.4 Å². The molecule has 0 aromatic carbocycles. The Morgan fingerprint density at radius 2 is 2.21 bits per heavy atom. The number of anilines is 1. The van der Waals surface area contributed by atoms with Crippen molar-refractivity contribution in [2.45, 2.75) is 37.8 Å². The number of rotatable bonds is 3. The van der Waals surface area contributed by atoms with Gasteiger partial charge in [0.2, 0.25) is 0 Å². The van der Waals surface area contributed by atoms with Crippen LogP contribution >= 0.6 is 11.3 Å². The van der Waals surface area contributed by atoms with Crippen LogP contribution in [0.15, 0.2) is 11.6 Å². The van der Waals surface area contributed by atoms with Crippen molar-refractivity contribution in [2.24, 2.45) is 0 Å². The number of ether oxygens (including phenoxy) is 1. The van der Waals surface area contributed by atoms with Crippen LogP contribution in [0.3, 0.4) is 0 Å². The van der Waals surface area contributed by atoms with E-state index in [0.717, 1.165) is 5.13 Å². The molecule has 4 heteroatoms. The molecule has 1 heterocycles. The molecule has 78 valence electrons. The van der Waals surface area contributed by atoms with Crippen molar-refractivity contribution in [1.29, 1.82) is 0 Å². The number of methoxy groups -OCH3 is 1. The van der Waals surface area contributed by atoms with E-state index in [1.54, 1.807) is 18.4 Å². The molecule has 1 aliphatic carbocycles. The average Bonchev–Trinajstić information content (AvgIpc) is 2.72. The van der Waals surface area contributed by atoms with Crippen molar-refractivity contribution in [1.82, 2.24) is 4.98 Å². The van der Waals surface area contributed by atoms with Crippen LogP contribution in [-0.4, -0.2) is 24.2 Å². The van der Waals surface area contributed by atoms with Crippen molar-refractivity contribution < 1.29 is 4.74 Å². The molecule has 0 spiro atoms. The summed E-state index contributed by atoms with van der Waals surface area (Å²) in [5.41, 5.74) is 0. The van der Waals surface area contributed by atoms with Gasteiger partial charge in [-0.2, -0.15) is 0 Å². The minimum Gasteiger partial charge on any atom is -0.381 e. The molecule has 0 atom stereocenters. The topological polar surface area (TPSA) is 34.1 Å². The molecule has 14 heavy (non-hydrogen) atoms. The monoisotopic (exact) mass is 212 g/mol. The summed E-state index contributed by atoms with van der Waals surface area (Å²) >= 11 is 1.67. The average molecular weight is 212 g/mol. The molecular formula is C10H16N2OS. The number of aromatic nitrogens is 1. The Balaban J connectivity index is 1.79. The van der Waals surface area contributed by atoms with Gasteiger partial charge in [-0.3, -0.25) is 0 Å². The van der Waals surface area contributed by atoms with Crippen LogP contribution in [0.2, 0.25) is 0 Å². The van der Waals surface area contributed by atoms with Crippen LogP contribution in [0.1, 0.15) is 25.7 Å². The van der Waals surface area contributed by atoms with E-state index >= 15 is 0 Å². The van der Waals surface area contributed by atoms with Crippen molar-refractivity contribution >= 4 is 16.5 Å². The third-order valence-electron chi connectivity index (χ3n) is 2.77. The van der Waals surface area contributed by atoms with E-state index in [1.807, 2.05) is 11.6 Å². The second-order valence-corrected chi connectivity index (χ2v) is 4.59. The molecule has 1 aliphatic rings. The van der Waals surface area contributed by atoms with Gasteiger partial charge in [0.15, 0.2) is 5.13 Å².